The molecule has 0 N–H and O–H groups in total. The monoisotopic (exact) mass is 284 g/mol. The molecule has 0 aliphatic rings. The number of rotatable bonds is 5. The lowest BCUT2D eigenvalue weighted by molar-refractivity contribution is -0.384. The zero-order valence-electron chi connectivity index (χ0n) is 11.2. The summed E-state index contributed by atoms with van der Waals surface area (Å²) in [4.78, 5) is 23.9. The summed E-state index contributed by atoms with van der Waals surface area (Å²) in [6.45, 7) is 4.68. The van der Waals surface area contributed by atoms with Crippen LogP contribution in [-0.2, 0) is 0 Å². The Labute approximate surface area is 117 Å². The van der Waals surface area contributed by atoms with Crippen molar-refractivity contribution in [3.63, 3.8) is 0 Å². The van der Waals surface area contributed by atoms with Crippen molar-refractivity contribution >= 4 is 23.2 Å². The summed E-state index contributed by atoms with van der Waals surface area (Å²) in [7, 11) is 1.67. The molecular weight excluding hydrogens is 268 g/mol. The van der Waals surface area contributed by atoms with Crippen LogP contribution in [0.15, 0.2) is 18.2 Å². The maximum Gasteiger partial charge on any atom is 0.288 e. The first-order valence-electron chi connectivity index (χ1n) is 6.06. The lowest BCUT2D eigenvalue weighted by Crippen LogP contribution is -2.31. The zero-order chi connectivity index (χ0) is 14.6. The van der Waals surface area contributed by atoms with Crippen molar-refractivity contribution in [3.8, 4) is 0 Å². The smallest absolute Gasteiger partial charge is 0.288 e. The minimum absolute atomic E-state index is 0.103. The van der Waals surface area contributed by atoms with Gasteiger partial charge in [-0.15, -0.1) is 0 Å². The molecule has 1 atom stereocenters. The molecular formula is C13H17ClN2O3. The molecule has 0 aliphatic carbocycles. The Morgan fingerprint density at radius 1 is 1.53 bits per heavy atom. The molecule has 19 heavy (non-hydrogen) atoms. The van der Waals surface area contributed by atoms with Gasteiger partial charge in [0.15, 0.2) is 0 Å². The average Bonchev–Trinajstić information content (AvgIpc) is 2.37. The van der Waals surface area contributed by atoms with Crippen LogP contribution in [0.2, 0.25) is 5.02 Å². The first-order valence-corrected chi connectivity index (χ1v) is 6.44. The van der Waals surface area contributed by atoms with E-state index in [4.69, 9.17) is 11.6 Å². The Balaban J connectivity index is 3.00. The van der Waals surface area contributed by atoms with Crippen molar-refractivity contribution in [1.82, 2.24) is 4.90 Å². The molecule has 0 fully saturated rings. The number of nitro groups is 1. The van der Waals surface area contributed by atoms with Gasteiger partial charge in [-0.3, -0.25) is 14.9 Å². The summed E-state index contributed by atoms with van der Waals surface area (Å²) >= 11 is 5.92. The Morgan fingerprint density at radius 2 is 2.16 bits per heavy atom. The third kappa shape index (κ3) is 3.67. The third-order valence-electron chi connectivity index (χ3n) is 3.03. The number of nitrogens with zero attached hydrogens (tertiary/aromatic N) is 2. The van der Waals surface area contributed by atoms with Gasteiger partial charge < -0.3 is 4.90 Å². The van der Waals surface area contributed by atoms with Gasteiger partial charge in [-0.05, 0) is 12.0 Å². The summed E-state index contributed by atoms with van der Waals surface area (Å²) in [5.41, 5.74) is -0.0777. The first-order chi connectivity index (χ1) is 8.88. The van der Waals surface area contributed by atoms with Gasteiger partial charge in [-0.25, -0.2) is 0 Å². The van der Waals surface area contributed by atoms with E-state index in [0.717, 1.165) is 6.42 Å². The third-order valence-corrected chi connectivity index (χ3v) is 3.43. The van der Waals surface area contributed by atoms with Gasteiger partial charge in [0.25, 0.3) is 11.6 Å². The molecule has 1 amide bonds. The van der Waals surface area contributed by atoms with Gasteiger partial charge >= 0.3 is 0 Å². The molecule has 6 heteroatoms. The van der Waals surface area contributed by atoms with E-state index >= 15 is 0 Å². The largest absolute Gasteiger partial charge is 0.341 e. The number of hydrogen-bond acceptors (Lipinski definition) is 3. The van der Waals surface area contributed by atoms with Gasteiger partial charge in [0, 0.05) is 19.7 Å². The van der Waals surface area contributed by atoms with Gasteiger partial charge in [-0.1, -0.05) is 37.9 Å². The summed E-state index contributed by atoms with van der Waals surface area (Å²) < 4.78 is 0. The normalized spacial score (nSPS) is 12.0. The van der Waals surface area contributed by atoms with Crippen LogP contribution in [0, 0.1) is 16.0 Å². The maximum absolute atomic E-state index is 12.2. The first kappa shape index (κ1) is 15.4. The average molecular weight is 285 g/mol. The van der Waals surface area contributed by atoms with Crippen molar-refractivity contribution in [3.05, 3.63) is 38.9 Å². The molecule has 0 aromatic heterocycles. The minimum Gasteiger partial charge on any atom is -0.341 e. The Hall–Kier alpha value is -1.62. The molecule has 0 aliphatic heterocycles. The van der Waals surface area contributed by atoms with E-state index < -0.39 is 4.92 Å². The van der Waals surface area contributed by atoms with E-state index in [9.17, 15) is 14.9 Å². The van der Waals surface area contributed by atoms with Crippen LogP contribution >= 0.6 is 11.6 Å². The van der Waals surface area contributed by atoms with E-state index in [2.05, 4.69) is 0 Å². The fourth-order valence-corrected chi connectivity index (χ4v) is 1.99. The number of hydrogen-bond donors (Lipinski definition) is 0. The number of carbonyl (C=O) groups excluding carboxylic acids is 1. The van der Waals surface area contributed by atoms with Gasteiger partial charge in [0.1, 0.15) is 5.02 Å². The lowest BCUT2D eigenvalue weighted by Gasteiger charge is -2.21. The molecule has 104 valence electrons. The van der Waals surface area contributed by atoms with Gasteiger partial charge in [-0.2, -0.15) is 0 Å². The molecule has 5 nitrogen and oxygen atoms in total. The highest BCUT2D eigenvalue weighted by Crippen LogP contribution is 2.28. The SMILES string of the molecule is CCC(C)CN(C)C(=O)c1cccc([N+](=O)[O-])c1Cl. The Kier molecular flexibility index (Phi) is 5.30. The number of carbonyl (C=O) groups is 1. The topological polar surface area (TPSA) is 63.5 Å². The van der Waals surface area contributed by atoms with Crippen molar-refractivity contribution in [2.45, 2.75) is 20.3 Å². The van der Waals surface area contributed by atoms with Gasteiger partial charge in [0.05, 0.1) is 10.5 Å². The molecule has 1 aromatic carbocycles. The predicted octanol–water partition coefficient (Wildman–Crippen LogP) is 3.37. The molecule has 0 saturated heterocycles. The standard InChI is InChI=1S/C13H17ClN2O3/c1-4-9(2)8-15(3)13(17)10-6-5-7-11(12(10)14)16(18)19/h5-7,9H,4,8H2,1-3H3. The quantitative estimate of drug-likeness (QED) is 0.615. The zero-order valence-corrected chi connectivity index (χ0v) is 12.0. The summed E-state index contributed by atoms with van der Waals surface area (Å²) in [5, 5.41) is 10.7. The van der Waals surface area contributed by atoms with Crippen molar-refractivity contribution in [1.29, 1.82) is 0 Å². The van der Waals surface area contributed by atoms with Crippen LogP contribution in [0.4, 0.5) is 5.69 Å². The second-order valence-corrected chi connectivity index (χ2v) is 4.97. The van der Waals surface area contributed by atoms with E-state index in [1.54, 1.807) is 11.9 Å². The van der Waals surface area contributed by atoms with Crippen molar-refractivity contribution < 1.29 is 9.72 Å². The molecule has 0 spiro atoms. The van der Waals surface area contributed by atoms with Crippen LogP contribution in [0.5, 0.6) is 0 Å². The molecule has 1 unspecified atom stereocenters. The van der Waals surface area contributed by atoms with E-state index in [1.165, 1.54) is 18.2 Å². The number of amides is 1. The summed E-state index contributed by atoms with van der Waals surface area (Å²) in [6, 6.07) is 4.26. The Morgan fingerprint density at radius 3 is 2.68 bits per heavy atom. The van der Waals surface area contributed by atoms with Gasteiger partial charge in [0.2, 0.25) is 0 Å². The highest BCUT2D eigenvalue weighted by Gasteiger charge is 2.22. The molecule has 0 radical (unpaired) electrons. The van der Waals surface area contributed by atoms with Crippen molar-refractivity contribution in [2.24, 2.45) is 5.92 Å². The fourth-order valence-electron chi connectivity index (χ4n) is 1.71. The van der Waals surface area contributed by atoms with Crippen LogP contribution < -0.4 is 0 Å². The fraction of sp³-hybridized carbons (Fsp3) is 0.462. The molecule has 1 rings (SSSR count). The minimum atomic E-state index is -0.590. The predicted molar refractivity (Wildman–Crippen MR) is 74.5 cm³/mol. The second-order valence-electron chi connectivity index (χ2n) is 4.59. The van der Waals surface area contributed by atoms with E-state index in [0.29, 0.717) is 12.5 Å². The number of halogens is 1. The second kappa shape index (κ2) is 6.52. The molecule has 0 heterocycles. The van der Waals surface area contributed by atoms with E-state index in [-0.39, 0.29) is 22.2 Å². The van der Waals surface area contributed by atoms with Crippen LogP contribution in [-0.4, -0.2) is 29.3 Å². The molecule has 0 bridgehead atoms. The maximum atomic E-state index is 12.2. The number of nitro benzene ring substituents is 1. The highest BCUT2D eigenvalue weighted by atomic mass is 35.5. The van der Waals surface area contributed by atoms with E-state index in [1.807, 2.05) is 13.8 Å². The van der Waals surface area contributed by atoms with Crippen LogP contribution in [0.1, 0.15) is 30.6 Å². The van der Waals surface area contributed by atoms with Crippen LogP contribution in [0.25, 0.3) is 0 Å². The highest BCUT2D eigenvalue weighted by molar-refractivity contribution is 6.35. The van der Waals surface area contributed by atoms with Crippen LogP contribution in [0.3, 0.4) is 0 Å². The molecule has 0 saturated carbocycles. The summed E-state index contributed by atoms with van der Waals surface area (Å²) in [5.74, 6) is 0.0698. The molecule has 1 aromatic rings. The summed E-state index contributed by atoms with van der Waals surface area (Å²) in [6.07, 6.45) is 0.959. The Bertz CT molecular complexity index is 491. The lowest BCUT2D eigenvalue weighted by atomic mass is 10.1. The number of benzene rings is 1. The van der Waals surface area contributed by atoms with Crippen molar-refractivity contribution in [2.75, 3.05) is 13.6 Å².